The molecule has 7 heteroatoms. The second-order valence-corrected chi connectivity index (χ2v) is 7.68. The SMILES string of the molecule is CSC1=NC(c2ccccc2Br)C(c2ccccc2Br)N1C(=O)O. The van der Waals surface area contributed by atoms with Crippen LogP contribution in [0.4, 0.5) is 4.79 Å². The number of nitrogens with zero attached hydrogens (tertiary/aromatic N) is 2. The summed E-state index contributed by atoms with van der Waals surface area (Å²) >= 11 is 8.47. The molecular formula is C17H14Br2N2O2S. The van der Waals surface area contributed by atoms with Crippen LogP contribution in [0.5, 0.6) is 0 Å². The zero-order valence-corrected chi connectivity index (χ0v) is 16.7. The summed E-state index contributed by atoms with van der Waals surface area (Å²) < 4.78 is 1.79. The van der Waals surface area contributed by atoms with Crippen LogP contribution in [0, 0.1) is 0 Å². The fraction of sp³-hybridized carbons (Fsp3) is 0.176. The lowest BCUT2D eigenvalue weighted by Crippen LogP contribution is -2.35. The first kappa shape index (κ1) is 17.5. The number of aliphatic imine (C=N–C) groups is 1. The van der Waals surface area contributed by atoms with E-state index in [1.165, 1.54) is 16.7 Å². The number of rotatable bonds is 2. The minimum Gasteiger partial charge on any atom is -0.465 e. The number of halogens is 2. The molecule has 0 aromatic heterocycles. The summed E-state index contributed by atoms with van der Waals surface area (Å²) in [7, 11) is 0. The molecule has 2 aromatic carbocycles. The van der Waals surface area contributed by atoms with E-state index in [1.54, 1.807) is 0 Å². The molecule has 2 unspecified atom stereocenters. The maximum Gasteiger partial charge on any atom is 0.414 e. The number of benzene rings is 2. The molecule has 0 aliphatic carbocycles. The lowest BCUT2D eigenvalue weighted by molar-refractivity contribution is 0.157. The molecule has 1 N–H and O–H groups in total. The van der Waals surface area contributed by atoms with Crippen LogP contribution < -0.4 is 0 Å². The predicted octanol–water partition coefficient (Wildman–Crippen LogP) is 5.71. The summed E-state index contributed by atoms with van der Waals surface area (Å²) in [6.45, 7) is 0. The number of carboxylic acid groups (broad SMARTS) is 1. The van der Waals surface area contributed by atoms with E-state index in [2.05, 4.69) is 31.9 Å². The lowest BCUT2D eigenvalue weighted by atomic mass is 9.94. The molecule has 124 valence electrons. The van der Waals surface area contributed by atoms with Crippen molar-refractivity contribution in [1.82, 2.24) is 4.90 Å². The molecule has 0 fully saturated rings. The first-order valence-electron chi connectivity index (χ1n) is 7.17. The van der Waals surface area contributed by atoms with Crippen molar-refractivity contribution in [2.75, 3.05) is 6.26 Å². The zero-order valence-electron chi connectivity index (χ0n) is 12.7. The minimum absolute atomic E-state index is 0.308. The molecule has 2 aromatic rings. The Morgan fingerprint density at radius 1 is 1.08 bits per heavy atom. The van der Waals surface area contributed by atoms with E-state index in [-0.39, 0.29) is 6.04 Å². The molecule has 0 saturated carbocycles. The predicted molar refractivity (Wildman–Crippen MR) is 105 cm³/mol. The van der Waals surface area contributed by atoms with Crippen LogP contribution in [-0.2, 0) is 0 Å². The van der Waals surface area contributed by atoms with E-state index in [0.717, 1.165) is 20.1 Å². The van der Waals surface area contributed by atoms with E-state index in [4.69, 9.17) is 4.99 Å². The van der Waals surface area contributed by atoms with Crippen molar-refractivity contribution >= 4 is 54.9 Å². The standard InChI is InChI=1S/C17H14Br2N2O2S/c1-24-16-20-14(10-6-2-4-8-12(10)18)15(21(16)17(22)23)11-7-3-5-9-13(11)19/h2-9,14-15H,1H3,(H,22,23). The average Bonchev–Trinajstić information content (AvgIpc) is 2.95. The van der Waals surface area contributed by atoms with Crippen LogP contribution in [-0.4, -0.2) is 27.5 Å². The van der Waals surface area contributed by atoms with Crippen molar-refractivity contribution < 1.29 is 9.90 Å². The van der Waals surface area contributed by atoms with Crippen LogP contribution >= 0.6 is 43.6 Å². The summed E-state index contributed by atoms with van der Waals surface area (Å²) in [6, 6.07) is 14.8. The van der Waals surface area contributed by atoms with Gasteiger partial charge in [-0.25, -0.2) is 9.69 Å². The topological polar surface area (TPSA) is 52.9 Å². The summed E-state index contributed by atoms with van der Waals surface area (Å²) in [5.41, 5.74) is 1.86. The normalized spacial score (nSPS) is 20.1. The summed E-state index contributed by atoms with van der Waals surface area (Å²) in [6.07, 6.45) is 0.840. The quantitative estimate of drug-likeness (QED) is 0.613. The Kier molecular flexibility index (Phi) is 5.32. The molecule has 0 bridgehead atoms. The third kappa shape index (κ3) is 3.12. The van der Waals surface area contributed by atoms with Gasteiger partial charge >= 0.3 is 6.09 Å². The van der Waals surface area contributed by atoms with Gasteiger partial charge in [0.2, 0.25) is 0 Å². The Balaban J connectivity index is 2.18. The Morgan fingerprint density at radius 3 is 2.12 bits per heavy atom. The fourth-order valence-corrected chi connectivity index (χ4v) is 4.49. The van der Waals surface area contributed by atoms with Gasteiger partial charge in [0.25, 0.3) is 0 Å². The number of amides is 1. The molecule has 1 amide bonds. The van der Waals surface area contributed by atoms with E-state index in [9.17, 15) is 9.90 Å². The summed E-state index contributed by atoms with van der Waals surface area (Å²) in [5, 5.41) is 10.3. The van der Waals surface area contributed by atoms with Gasteiger partial charge in [0, 0.05) is 8.95 Å². The maximum absolute atomic E-state index is 11.9. The molecule has 24 heavy (non-hydrogen) atoms. The van der Waals surface area contributed by atoms with Crippen LogP contribution in [0.25, 0.3) is 0 Å². The molecule has 4 nitrogen and oxygen atoms in total. The van der Waals surface area contributed by atoms with E-state index < -0.39 is 12.1 Å². The van der Waals surface area contributed by atoms with Crippen LogP contribution in [0.1, 0.15) is 23.2 Å². The van der Waals surface area contributed by atoms with Gasteiger partial charge in [0.05, 0.1) is 6.04 Å². The van der Waals surface area contributed by atoms with E-state index in [1.807, 2.05) is 54.8 Å². The molecule has 0 spiro atoms. The zero-order chi connectivity index (χ0) is 17.3. The number of hydrogen-bond acceptors (Lipinski definition) is 3. The van der Waals surface area contributed by atoms with Crippen molar-refractivity contribution in [3.8, 4) is 0 Å². The van der Waals surface area contributed by atoms with Crippen molar-refractivity contribution in [3.05, 3.63) is 68.6 Å². The molecule has 1 aliphatic heterocycles. The second kappa shape index (κ2) is 7.29. The summed E-state index contributed by atoms with van der Waals surface area (Å²) in [4.78, 5) is 18.0. The van der Waals surface area contributed by atoms with Gasteiger partial charge in [-0.1, -0.05) is 80.0 Å². The molecule has 1 heterocycles. The highest BCUT2D eigenvalue weighted by molar-refractivity contribution is 9.10. The second-order valence-electron chi connectivity index (χ2n) is 5.20. The van der Waals surface area contributed by atoms with Gasteiger partial charge in [0.1, 0.15) is 6.04 Å². The van der Waals surface area contributed by atoms with Gasteiger partial charge in [-0.3, -0.25) is 4.99 Å². The molecule has 2 atom stereocenters. The van der Waals surface area contributed by atoms with Crippen LogP contribution in [0.3, 0.4) is 0 Å². The number of carbonyl (C=O) groups is 1. The van der Waals surface area contributed by atoms with Gasteiger partial charge < -0.3 is 5.11 Å². The summed E-state index contributed by atoms with van der Waals surface area (Å²) in [5.74, 6) is 0. The monoisotopic (exact) mass is 468 g/mol. The van der Waals surface area contributed by atoms with E-state index in [0.29, 0.717) is 5.17 Å². The third-order valence-electron chi connectivity index (χ3n) is 3.87. The van der Waals surface area contributed by atoms with Gasteiger partial charge in [-0.15, -0.1) is 0 Å². The number of amidine groups is 1. The first-order chi connectivity index (χ1) is 11.5. The smallest absolute Gasteiger partial charge is 0.414 e. The van der Waals surface area contributed by atoms with E-state index >= 15 is 0 Å². The van der Waals surface area contributed by atoms with Crippen molar-refractivity contribution in [2.45, 2.75) is 12.1 Å². The fourth-order valence-electron chi connectivity index (χ4n) is 2.84. The minimum atomic E-state index is -1.00. The Morgan fingerprint density at radius 2 is 1.62 bits per heavy atom. The van der Waals surface area contributed by atoms with Gasteiger partial charge in [0.15, 0.2) is 5.17 Å². The largest absolute Gasteiger partial charge is 0.465 e. The molecular weight excluding hydrogens is 456 g/mol. The first-order valence-corrected chi connectivity index (χ1v) is 9.98. The lowest BCUT2D eigenvalue weighted by Gasteiger charge is -2.27. The molecule has 3 rings (SSSR count). The average molecular weight is 470 g/mol. The number of thioether (sulfide) groups is 1. The molecule has 0 saturated heterocycles. The Hall–Kier alpha value is -1.31. The van der Waals surface area contributed by atoms with Gasteiger partial charge in [-0.05, 0) is 29.5 Å². The Bertz CT molecular complexity index is 813. The Labute approximate surface area is 161 Å². The third-order valence-corrected chi connectivity index (χ3v) is 5.98. The van der Waals surface area contributed by atoms with Crippen LogP contribution in [0.15, 0.2) is 62.5 Å². The molecule has 1 aliphatic rings. The number of hydrogen-bond donors (Lipinski definition) is 1. The maximum atomic E-state index is 11.9. The van der Waals surface area contributed by atoms with Crippen molar-refractivity contribution in [2.24, 2.45) is 4.99 Å². The van der Waals surface area contributed by atoms with Crippen molar-refractivity contribution in [1.29, 1.82) is 0 Å². The highest BCUT2D eigenvalue weighted by Crippen LogP contribution is 2.47. The van der Waals surface area contributed by atoms with Crippen molar-refractivity contribution in [3.63, 3.8) is 0 Å². The highest BCUT2D eigenvalue weighted by Gasteiger charge is 2.42. The van der Waals surface area contributed by atoms with Crippen LogP contribution in [0.2, 0.25) is 0 Å². The van der Waals surface area contributed by atoms with Gasteiger partial charge in [-0.2, -0.15) is 0 Å². The highest BCUT2D eigenvalue weighted by atomic mass is 79.9. The molecule has 0 radical (unpaired) electrons.